The fraction of sp³-hybridized carbons (Fsp3) is 0.333. The van der Waals surface area contributed by atoms with E-state index in [-0.39, 0.29) is 5.91 Å². The summed E-state index contributed by atoms with van der Waals surface area (Å²) in [5.74, 6) is -0.0632. The largest absolute Gasteiger partial charge is 0.375 e. The first-order valence-electron chi connectivity index (χ1n) is 6.40. The normalized spacial score (nSPS) is 10.7. The summed E-state index contributed by atoms with van der Waals surface area (Å²) in [6, 6.07) is 4.17. The Labute approximate surface area is 123 Å². The average molecular weight is 289 g/mol. The van der Waals surface area contributed by atoms with E-state index in [1.807, 2.05) is 20.8 Å². The maximum Gasteiger partial charge on any atom is 0.270 e. The number of aromatic nitrogens is 1. The highest BCUT2D eigenvalue weighted by atomic mass is 32.1. The van der Waals surface area contributed by atoms with Crippen molar-refractivity contribution in [1.29, 1.82) is 0 Å². The molecule has 0 radical (unpaired) electrons. The summed E-state index contributed by atoms with van der Waals surface area (Å²) in [5, 5.41) is 0.427. The van der Waals surface area contributed by atoms with Crippen molar-refractivity contribution in [3.05, 3.63) is 39.4 Å². The number of aryl methyl sites for hydroxylation is 4. The third kappa shape index (κ3) is 2.54. The van der Waals surface area contributed by atoms with Crippen molar-refractivity contribution in [3.63, 3.8) is 0 Å². The second-order valence-electron chi connectivity index (χ2n) is 5.08. The van der Waals surface area contributed by atoms with E-state index in [1.165, 1.54) is 16.9 Å². The van der Waals surface area contributed by atoms with Crippen molar-refractivity contribution in [2.75, 3.05) is 17.7 Å². The molecule has 4 nitrogen and oxygen atoms in total. The molecule has 0 aliphatic carbocycles. The molecule has 0 atom stereocenters. The fourth-order valence-corrected chi connectivity index (χ4v) is 3.38. The van der Waals surface area contributed by atoms with E-state index in [1.54, 1.807) is 11.9 Å². The SMILES string of the molecule is Cc1cc(C)c(N(C)C(=O)c2sc(N)nc2C)c(C)c1. The van der Waals surface area contributed by atoms with Gasteiger partial charge in [-0.2, -0.15) is 0 Å². The lowest BCUT2D eigenvalue weighted by atomic mass is 10.0. The molecule has 0 saturated carbocycles. The first kappa shape index (κ1) is 14.5. The Morgan fingerprint density at radius 3 is 2.20 bits per heavy atom. The molecule has 0 saturated heterocycles. The van der Waals surface area contributed by atoms with Crippen LogP contribution in [0.25, 0.3) is 0 Å². The number of nitrogens with two attached hydrogens (primary N) is 1. The van der Waals surface area contributed by atoms with Crippen molar-refractivity contribution in [2.45, 2.75) is 27.7 Å². The predicted molar refractivity (Wildman–Crippen MR) is 84.6 cm³/mol. The van der Waals surface area contributed by atoms with Crippen LogP contribution < -0.4 is 10.6 Å². The third-order valence-corrected chi connectivity index (χ3v) is 4.26. The lowest BCUT2D eigenvalue weighted by Gasteiger charge is -2.22. The Morgan fingerprint density at radius 2 is 1.75 bits per heavy atom. The van der Waals surface area contributed by atoms with Crippen LogP contribution in [0.3, 0.4) is 0 Å². The zero-order valence-electron chi connectivity index (χ0n) is 12.4. The summed E-state index contributed by atoms with van der Waals surface area (Å²) >= 11 is 1.24. The zero-order chi connectivity index (χ0) is 15.0. The van der Waals surface area contributed by atoms with Gasteiger partial charge in [0.15, 0.2) is 5.13 Å². The standard InChI is InChI=1S/C15H19N3OS/c1-8-6-9(2)12(10(3)7-8)18(5)14(19)13-11(4)17-15(16)20-13/h6-7H,1-5H3,(H2,16,17). The molecule has 20 heavy (non-hydrogen) atoms. The number of hydrogen-bond donors (Lipinski definition) is 1. The van der Waals surface area contributed by atoms with E-state index in [0.717, 1.165) is 16.8 Å². The Kier molecular flexibility index (Phi) is 3.81. The summed E-state index contributed by atoms with van der Waals surface area (Å²) < 4.78 is 0. The minimum atomic E-state index is -0.0632. The number of amides is 1. The van der Waals surface area contributed by atoms with E-state index < -0.39 is 0 Å². The van der Waals surface area contributed by atoms with Crippen LogP contribution in [0.5, 0.6) is 0 Å². The van der Waals surface area contributed by atoms with Crippen LogP contribution in [-0.2, 0) is 0 Å². The van der Waals surface area contributed by atoms with Gasteiger partial charge >= 0.3 is 0 Å². The molecule has 0 aliphatic heterocycles. The first-order valence-corrected chi connectivity index (χ1v) is 7.21. The van der Waals surface area contributed by atoms with Crippen LogP contribution >= 0.6 is 11.3 Å². The molecule has 0 spiro atoms. The third-order valence-electron chi connectivity index (χ3n) is 3.28. The number of carbonyl (C=O) groups excluding carboxylic acids is 1. The van der Waals surface area contributed by atoms with E-state index in [4.69, 9.17) is 5.73 Å². The van der Waals surface area contributed by atoms with Gasteiger partial charge < -0.3 is 10.6 Å². The highest BCUT2D eigenvalue weighted by Crippen LogP contribution is 2.29. The summed E-state index contributed by atoms with van der Waals surface area (Å²) in [7, 11) is 1.79. The highest BCUT2D eigenvalue weighted by molar-refractivity contribution is 7.17. The van der Waals surface area contributed by atoms with Gasteiger partial charge in [0.1, 0.15) is 4.88 Å². The average Bonchev–Trinajstić information content (AvgIpc) is 2.66. The molecule has 0 unspecified atom stereocenters. The summed E-state index contributed by atoms with van der Waals surface area (Å²) in [6.07, 6.45) is 0. The van der Waals surface area contributed by atoms with Gasteiger partial charge in [-0.15, -0.1) is 0 Å². The molecule has 1 aromatic heterocycles. The summed E-state index contributed by atoms with van der Waals surface area (Å²) in [5.41, 5.74) is 10.7. The summed E-state index contributed by atoms with van der Waals surface area (Å²) in [6.45, 7) is 7.91. The van der Waals surface area contributed by atoms with Crippen molar-refractivity contribution in [2.24, 2.45) is 0 Å². The Bertz CT molecular complexity index is 653. The zero-order valence-corrected chi connectivity index (χ0v) is 13.3. The summed E-state index contributed by atoms with van der Waals surface area (Å²) in [4.78, 5) is 19.0. The van der Waals surface area contributed by atoms with Crippen molar-refractivity contribution < 1.29 is 4.79 Å². The topological polar surface area (TPSA) is 59.2 Å². The first-order chi connectivity index (χ1) is 9.31. The second kappa shape index (κ2) is 5.25. The minimum Gasteiger partial charge on any atom is -0.375 e. The second-order valence-corrected chi connectivity index (χ2v) is 6.11. The molecule has 2 N–H and O–H groups in total. The Hall–Kier alpha value is -1.88. The molecule has 0 fully saturated rings. The van der Waals surface area contributed by atoms with Crippen molar-refractivity contribution in [3.8, 4) is 0 Å². The molecular weight excluding hydrogens is 270 g/mol. The predicted octanol–water partition coefficient (Wildman–Crippen LogP) is 3.24. The lowest BCUT2D eigenvalue weighted by molar-refractivity contribution is 0.0996. The van der Waals surface area contributed by atoms with Crippen LogP contribution in [0.4, 0.5) is 10.8 Å². The smallest absolute Gasteiger partial charge is 0.270 e. The molecule has 106 valence electrons. The van der Waals surface area contributed by atoms with E-state index >= 15 is 0 Å². The molecule has 2 rings (SSSR count). The minimum absolute atomic E-state index is 0.0632. The number of thiazole rings is 1. The molecule has 0 aliphatic rings. The van der Waals surface area contributed by atoms with E-state index in [9.17, 15) is 4.79 Å². The number of nitrogens with zero attached hydrogens (tertiary/aromatic N) is 2. The van der Waals surface area contributed by atoms with Gasteiger partial charge in [-0.1, -0.05) is 29.0 Å². The molecular formula is C15H19N3OS. The monoisotopic (exact) mass is 289 g/mol. The number of nitrogen functional groups attached to an aromatic ring is 1. The van der Waals surface area contributed by atoms with Gasteiger partial charge in [0.05, 0.1) is 5.69 Å². The number of rotatable bonds is 2. The molecule has 2 aromatic rings. The lowest BCUT2D eigenvalue weighted by Crippen LogP contribution is -2.27. The van der Waals surface area contributed by atoms with Gasteiger partial charge in [-0.25, -0.2) is 4.98 Å². The number of hydrogen-bond acceptors (Lipinski definition) is 4. The number of anilines is 2. The molecule has 1 aromatic carbocycles. The van der Waals surface area contributed by atoms with E-state index in [0.29, 0.717) is 15.7 Å². The van der Waals surface area contributed by atoms with Crippen molar-refractivity contribution >= 4 is 28.1 Å². The Balaban J connectivity index is 2.44. The van der Waals surface area contributed by atoms with E-state index in [2.05, 4.69) is 24.0 Å². The van der Waals surface area contributed by atoms with Gasteiger partial charge in [-0.3, -0.25) is 4.79 Å². The fourth-order valence-electron chi connectivity index (χ4n) is 2.57. The van der Waals surface area contributed by atoms with Crippen LogP contribution in [0, 0.1) is 27.7 Å². The highest BCUT2D eigenvalue weighted by Gasteiger charge is 2.21. The number of carbonyl (C=O) groups is 1. The van der Waals surface area contributed by atoms with Crippen LogP contribution in [0.2, 0.25) is 0 Å². The van der Waals surface area contributed by atoms with Gasteiger partial charge in [0.2, 0.25) is 0 Å². The molecule has 1 amide bonds. The molecule has 5 heteroatoms. The quantitative estimate of drug-likeness (QED) is 0.923. The maximum absolute atomic E-state index is 12.6. The Morgan fingerprint density at radius 1 is 1.20 bits per heavy atom. The van der Waals surface area contributed by atoms with Gasteiger partial charge in [0.25, 0.3) is 5.91 Å². The van der Waals surface area contributed by atoms with Gasteiger partial charge in [0, 0.05) is 12.7 Å². The number of benzene rings is 1. The maximum atomic E-state index is 12.6. The van der Waals surface area contributed by atoms with Crippen LogP contribution in [0.15, 0.2) is 12.1 Å². The van der Waals surface area contributed by atoms with Gasteiger partial charge in [-0.05, 0) is 38.8 Å². The molecule has 1 heterocycles. The van der Waals surface area contributed by atoms with Crippen LogP contribution in [-0.4, -0.2) is 17.9 Å². The molecule has 0 bridgehead atoms. The van der Waals surface area contributed by atoms with Crippen molar-refractivity contribution in [1.82, 2.24) is 4.98 Å². The van der Waals surface area contributed by atoms with Crippen LogP contribution in [0.1, 0.15) is 32.1 Å².